The molecular formula is C26H21FN2O5. The number of hydrogen-bond donors (Lipinski definition) is 0. The molecule has 0 N–H and O–H groups in total. The van der Waals surface area contributed by atoms with E-state index in [0.29, 0.717) is 16.9 Å². The molecule has 3 aromatic carbocycles. The average molecular weight is 460 g/mol. The first-order valence-corrected chi connectivity index (χ1v) is 10.8. The van der Waals surface area contributed by atoms with Gasteiger partial charge in [0.15, 0.2) is 6.10 Å². The molecule has 0 unspecified atom stereocenters. The first-order chi connectivity index (χ1) is 16.5. The van der Waals surface area contributed by atoms with Crippen molar-refractivity contribution in [3.63, 3.8) is 0 Å². The van der Waals surface area contributed by atoms with Gasteiger partial charge in [0, 0.05) is 0 Å². The fourth-order valence-corrected chi connectivity index (χ4v) is 4.47. The number of hydrogen-bond acceptors (Lipinski definition) is 6. The van der Waals surface area contributed by atoms with Gasteiger partial charge in [0.2, 0.25) is 5.91 Å². The summed E-state index contributed by atoms with van der Waals surface area (Å²) in [7, 11) is 1.31. The Balaban J connectivity index is 1.48. The number of carbonyl (C=O) groups excluding carboxylic acids is 3. The van der Waals surface area contributed by atoms with Crippen LogP contribution in [0, 0.1) is 11.7 Å². The maximum atomic E-state index is 13.6. The summed E-state index contributed by atoms with van der Waals surface area (Å²) >= 11 is 0. The molecule has 0 aromatic heterocycles. The number of carbonyl (C=O) groups is 3. The fraction of sp³-hybridized carbons (Fsp3) is 0.192. The number of esters is 1. The Labute approximate surface area is 195 Å². The van der Waals surface area contributed by atoms with E-state index in [9.17, 15) is 18.8 Å². The van der Waals surface area contributed by atoms with E-state index in [1.165, 1.54) is 24.3 Å². The molecule has 2 aliphatic rings. The number of hydroxylamine groups is 1. The van der Waals surface area contributed by atoms with Crippen LogP contribution in [0.2, 0.25) is 0 Å². The number of ether oxygens (including phenoxy) is 1. The van der Waals surface area contributed by atoms with Crippen molar-refractivity contribution in [1.29, 1.82) is 0 Å². The third-order valence-electron chi connectivity index (χ3n) is 6.11. The van der Waals surface area contributed by atoms with E-state index in [0.717, 1.165) is 10.5 Å². The van der Waals surface area contributed by atoms with E-state index < -0.39 is 29.8 Å². The Morgan fingerprint density at radius 2 is 1.56 bits per heavy atom. The molecule has 0 saturated carbocycles. The van der Waals surface area contributed by atoms with Crippen LogP contribution in [-0.2, 0) is 30.4 Å². The number of halogens is 1. The summed E-state index contributed by atoms with van der Waals surface area (Å²) in [6.07, 6.45) is -0.923. The first kappa shape index (κ1) is 21.8. The van der Waals surface area contributed by atoms with Crippen molar-refractivity contribution in [1.82, 2.24) is 0 Å². The normalized spacial score (nSPS) is 21.6. The van der Waals surface area contributed by atoms with Gasteiger partial charge >= 0.3 is 5.97 Å². The highest BCUT2D eigenvalue weighted by Crippen LogP contribution is 2.47. The van der Waals surface area contributed by atoms with Gasteiger partial charge in [0.25, 0.3) is 5.91 Å². The maximum absolute atomic E-state index is 13.6. The highest BCUT2D eigenvalue weighted by molar-refractivity contribution is 6.23. The van der Waals surface area contributed by atoms with Crippen LogP contribution < -0.4 is 9.96 Å². The average Bonchev–Trinajstić information content (AvgIpc) is 3.36. The molecule has 34 heavy (non-hydrogen) atoms. The Morgan fingerprint density at radius 3 is 2.21 bits per heavy atom. The van der Waals surface area contributed by atoms with Gasteiger partial charge in [-0.1, -0.05) is 42.5 Å². The van der Waals surface area contributed by atoms with E-state index in [4.69, 9.17) is 4.84 Å². The lowest BCUT2D eigenvalue weighted by atomic mass is 9.90. The summed E-state index contributed by atoms with van der Waals surface area (Å²) in [5, 5.41) is 1.52. The molecular weight excluding hydrogens is 439 g/mol. The molecule has 5 rings (SSSR count). The highest BCUT2D eigenvalue weighted by Gasteiger charge is 2.60. The molecule has 2 fully saturated rings. The monoisotopic (exact) mass is 460 g/mol. The van der Waals surface area contributed by atoms with Crippen LogP contribution in [0.5, 0.6) is 0 Å². The highest BCUT2D eigenvalue weighted by atomic mass is 19.1. The zero-order chi connectivity index (χ0) is 23.8. The van der Waals surface area contributed by atoms with Crippen LogP contribution in [0.1, 0.15) is 17.2 Å². The summed E-state index contributed by atoms with van der Waals surface area (Å²) in [6, 6.07) is 21.1. The lowest BCUT2D eigenvalue weighted by Gasteiger charge is -2.28. The number of methoxy groups -OCH3 is 1. The third kappa shape index (κ3) is 3.72. The van der Waals surface area contributed by atoms with Gasteiger partial charge in [-0.25, -0.2) is 14.4 Å². The quantitative estimate of drug-likeness (QED) is 0.428. The SMILES string of the molecule is COC(=O)Cc1ccc(N2C(=O)[C@H]3[C@H](ON(c4ccc(F)cc4)[C@H]3c3ccccc3)C2=O)cc1. The lowest BCUT2D eigenvalue weighted by molar-refractivity contribution is -0.139. The summed E-state index contributed by atoms with van der Waals surface area (Å²) in [6.45, 7) is 0. The molecule has 7 nitrogen and oxygen atoms in total. The number of imide groups is 1. The van der Waals surface area contributed by atoms with Crippen LogP contribution in [0.25, 0.3) is 0 Å². The van der Waals surface area contributed by atoms with Crippen molar-refractivity contribution < 1.29 is 28.3 Å². The van der Waals surface area contributed by atoms with Crippen LogP contribution in [-0.4, -0.2) is 31.0 Å². The first-order valence-electron chi connectivity index (χ1n) is 10.8. The van der Waals surface area contributed by atoms with Gasteiger partial charge in [-0.2, -0.15) is 0 Å². The molecule has 2 saturated heterocycles. The van der Waals surface area contributed by atoms with E-state index in [-0.39, 0.29) is 18.3 Å². The lowest BCUT2D eigenvalue weighted by Crippen LogP contribution is -2.37. The van der Waals surface area contributed by atoms with Crippen LogP contribution >= 0.6 is 0 Å². The Bertz CT molecular complexity index is 1230. The van der Waals surface area contributed by atoms with Gasteiger partial charge in [-0.15, -0.1) is 0 Å². The topological polar surface area (TPSA) is 76.2 Å². The molecule has 0 aliphatic carbocycles. The largest absolute Gasteiger partial charge is 0.469 e. The van der Waals surface area contributed by atoms with Crippen LogP contribution in [0.3, 0.4) is 0 Å². The van der Waals surface area contributed by atoms with Crippen molar-refractivity contribution in [3.8, 4) is 0 Å². The minimum atomic E-state index is -1.02. The van der Waals surface area contributed by atoms with E-state index in [2.05, 4.69) is 4.74 Å². The number of rotatable bonds is 5. The number of amides is 2. The minimum absolute atomic E-state index is 0.0930. The predicted octanol–water partition coefficient (Wildman–Crippen LogP) is 3.59. The van der Waals surface area contributed by atoms with E-state index in [1.807, 2.05) is 30.3 Å². The fourth-order valence-electron chi connectivity index (χ4n) is 4.47. The second-order valence-corrected chi connectivity index (χ2v) is 8.14. The molecule has 2 aliphatic heterocycles. The third-order valence-corrected chi connectivity index (χ3v) is 6.11. The summed E-state index contributed by atoms with van der Waals surface area (Å²) in [4.78, 5) is 45.6. The number of anilines is 2. The van der Waals surface area contributed by atoms with E-state index in [1.54, 1.807) is 36.4 Å². The van der Waals surface area contributed by atoms with Crippen LogP contribution in [0.4, 0.5) is 15.8 Å². The van der Waals surface area contributed by atoms with Crippen molar-refractivity contribution in [2.45, 2.75) is 18.6 Å². The van der Waals surface area contributed by atoms with Crippen molar-refractivity contribution in [2.24, 2.45) is 5.92 Å². The Morgan fingerprint density at radius 1 is 0.912 bits per heavy atom. The number of fused-ring (bicyclic) bond motifs is 1. The minimum Gasteiger partial charge on any atom is -0.469 e. The van der Waals surface area contributed by atoms with Gasteiger partial charge < -0.3 is 4.74 Å². The zero-order valence-corrected chi connectivity index (χ0v) is 18.3. The van der Waals surface area contributed by atoms with Gasteiger partial charge in [-0.05, 0) is 47.5 Å². The summed E-state index contributed by atoms with van der Waals surface area (Å²) in [5.74, 6) is -2.41. The molecule has 3 aromatic rings. The zero-order valence-electron chi connectivity index (χ0n) is 18.3. The standard InChI is InChI=1S/C26H21FN2O5/c1-33-21(30)15-16-7-11-19(12-8-16)28-25(31)22-23(17-5-3-2-4-6-17)29(34-24(22)26(28)32)20-13-9-18(27)10-14-20/h2-14,22-24H,15H2,1H3/t22-,23+,24+/m1/s1. The second-order valence-electron chi connectivity index (χ2n) is 8.14. The Kier molecular flexibility index (Phi) is 5.59. The molecule has 2 amide bonds. The molecule has 172 valence electrons. The molecule has 8 heteroatoms. The smallest absolute Gasteiger partial charge is 0.309 e. The maximum Gasteiger partial charge on any atom is 0.309 e. The van der Waals surface area contributed by atoms with Gasteiger partial charge in [-0.3, -0.25) is 19.2 Å². The molecule has 2 heterocycles. The van der Waals surface area contributed by atoms with Crippen molar-refractivity contribution >= 4 is 29.2 Å². The molecule has 3 atom stereocenters. The molecule has 0 radical (unpaired) electrons. The van der Waals surface area contributed by atoms with E-state index >= 15 is 0 Å². The summed E-state index contributed by atoms with van der Waals surface area (Å²) < 4.78 is 18.2. The predicted molar refractivity (Wildman–Crippen MR) is 121 cm³/mol. The van der Waals surface area contributed by atoms with Gasteiger partial charge in [0.1, 0.15) is 11.7 Å². The van der Waals surface area contributed by atoms with Crippen molar-refractivity contribution in [2.75, 3.05) is 17.1 Å². The Hall–Kier alpha value is -4.04. The summed E-state index contributed by atoms with van der Waals surface area (Å²) in [5.41, 5.74) is 2.46. The molecule has 0 spiro atoms. The van der Waals surface area contributed by atoms with Crippen LogP contribution in [0.15, 0.2) is 78.9 Å². The number of benzene rings is 3. The number of nitrogens with zero attached hydrogens (tertiary/aromatic N) is 2. The second kappa shape index (κ2) is 8.72. The molecule has 0 bridgehead atoms. The van der Waals surface area contributed by atoms with Crippen molar-refractivity contribution in [3.05, 3.63) is 95.8 Å². The van der Waals surface area contributed by atoms with Gasteiger partial charge in [0.05, 0.1) is 30.9 Å².